The Hall–Kier alpha value is -3.34. The lowest BCUT2D eigenvalue weighted by atomic mass is 10.0. The van der Waals surface area contributed by atoms with Gasteiger partial charge in [0.1, 0.15) is 11.4 Å². The standard InChI is InChI=1S/C23H20N4O/c28-20(12-16-5-6-16)13-17-3-1-4-18(11-17)21-15-26-22-14-19(7-10-27(21)22)23-24-8-2-9-25-23/h1-4,7-11,14-16H,5-6,12-13H2. The van der Waals surface area contributed by atoms with Crippen LogP contribution in [0.2, 0.25) is 0 Å². The summed E-state index contributed by atoms with van der Waals surface area (Å²) in [6, 6.07) is 14.0. The first kappa shape index (κ1) is 16.8. The molecule has 0 aliphatic heterocycles. The van der Waals surface area contributed by atoms with E-state index in [4.69, 9.17) is 0 Å². The van der Waals surface area contributed by atoms with Crippen LogP contribution in [0.4, 0.5) is 0 Å². The molecule has 5 rings (SSSR count). The molecule has 3 heterocycles. The van der Waals surface area contributed by atoms with Gasteiger partial charge in [-0.25, -0.2) is 15.0 Å². The summed E-state index contributed by atoms with van der Waals surface area (Å²) in [5.74, 6) is 1.66. The number of aromatic nitrogens is 4. The zero-order valence-electron chi connectivity index (χ0n) is 15.5. The molecule has 1 saturated carbocycles. The summed E-state index contributed by atoms with van der Waals surface area (Å²) < 4.78 is 2.05. The van der Waals surface area contributed by atoms with Crippen molar-refractivity contribution in [3.8, 4) is 22.6 Å². The molecule has 138 valence electrons. The summed E-state index contributed by atoms with van der Waals surface area (Å²) in [7, 11) is 0. The zero-order chi connectivity index (χ0) is 18.9. The van der Waals surface area contributed by atoms with Crippen LogP contribution < -0.4 is 0 Å². The fourth-order valence-electron chi connectivity index (χ4n) is 3.57. The Balaban J connectivity index is 1.44. The van der Waals surface area contributed by atoms with Gasteiger partial charge in [0, 0.05) is 42.6 Å². The lowest BCUT2D eigenvalue weighted by Crippen LogP contribution is -2.03. The molecule has 0 amide bonds. The second-order valence-corrected chi connectivity index (χ2v) is 7.42. The summed E-state index contributed by atoms with van der Waals surface area (Å²) in [6.07, 6.45) is 11.0. The van der Waals surface area contributed by atoms with Crippen LogP contribution >= 0.6 is 0 Å². The quantitative estimate of drug-likeness (QED) is 0.507. The first-order valence-electron chi connectivity index (χ1n) is 9.62. The molecule has 4 aromatic rings. The van der Waals surface area contributed by atoms with Crippen LogP contribution in [-0.2, 0) is 11.2 Å². The van der Waals surface area contributed by atoms with Crippen LogP contribution in [0.15, 0.2) is 67.3 Å². The van der Waals surface area contributed by atoms with Gasteiger partial charge >= 0.3 is 0 Å². The van der Waals surface area contributed by atoms with E-state index in [0.717, 1.165) is 34.5 Å². The number of fused-ring (bicyclic) bond motifs is 1. The second-order valence-electron chi connectivity index (χ2n) is 7.42. The number of carbonyl (C=O) groups excluding carboxylic acids is 1. The number of benzene rings is 1. The number of pyridine rings is 1. The molecule has 0 saturated heterocycles. The first-order chi connectivity index (χ1) is 13.8. The van der Waals surface area contributed by atoms with Gasteiger partial charge in [-0.2, -0.15) is 0 Å². The van der Waals surface area contributed by atoms with Crippen molar-refractivity contribution in [2.24, 2.45) is 5.92 Å². The van der Waals surface area contributed by atoms with E-state index in [2.05, 4.69) is 31.5 Å². The van der Waals surface area contributed by atoms with Gasteiger partial charge in [0.05, 0.1) is 11.9 Å². The molecule has 0 bridgehead atoms. The van der Waals surface area contributed by atoms with Crippen LogP contribution in [0.1, 0.15) is 24.8 Å². The molecule has 5 heteroatoms. The van der Waals surface area contributed by atoms with E-state index in [1.165, 1.54) is 12.8 Å². The molecular formula is C23H20N4O. The van der Waals surface area contributed by atoms with E-state index in [0.29, 0.717) is 23.9 Å². The molecule has 28 heavy (non-hydrogen) atoms. The number of imidazole rings is 1. The highest BCUT2D eigenvalue weighted by Gasteiger charge is 2.24. The SMILES string of the molecule is O=C(Cc1cccc(-c2cnc3cc(-c4ncccn4)ccn23)c1)CC1CC1. The van der Waals surface area contributed by atoms with Crippen molar-refractivity contribution < 1.29 is 4.79 Å². The molecule has 1 aliphatic carbocycles. The number of rotatable bonds is 6. The Morgan fingerprint density at radius 2 is 1.86 bits per heavy atom. The summed E-state index contributed by atoms with van der Waals surface area (Å²) in [4.78, 5) is 25.4. The number of hydrogen-bond donors (Lipinski definition) is 0. The Labute approximate surface area is 163 Å². The highest BCUT2D eigenvalue weighted by Crippen LogP contribution is 2.33. The van der Waals surface area contributed by atoms with Crippen molar-refractivity contribution in [2.45, 2.75) is 25.7 Å². The molecule has 5 nitrogen and oxygen atoms in total. The molecule has 0 radical (unpaired) electrons. The third kappa shape index (κ3) is 3.43. The first-order valence-corrected chi connectivity index (χ1v) is 9.62. The highest BCUT2D eigenvalue weighted by molar-refractivity contribution is 5.82. The van der Waals surface area contributed by atoms with Gasteiger partial charge in [-0.1, -0.05) is 18.2 Å². The van der Waals surface area contributed by atoms with Gasteiger partial charge in [-0.3, -0.25) is 9.20 Å². The van der Waals surface area contributed by atoms with Crippen molar-refractivity contribution in [3.05, 3.63) is 72.8 Å². The normalized spacial score (nSPS) is 13.7. The predicted octanol–water partition coefficient (Wildman–Crippen LogP) is 4.37. The van der Waals surface area contributed by atoms with Gasteiger partial charge < -0.3 is 0 Å². The van der Waals surface area contributed by atoms with Crippen molar-refractivity contribution in [1.82, 2.24) is 19.4 Å². The summed E-state index contributed by atoms with van der Waals surface area (Å²) >= 11 is 0. The maximum atomic E-state index is 12.2. The molecule has 3 aromatic heterocycles. The fraction of sp³-hybridized carbons (Fsp3) is 0.217. The fourth-order valence-corrected chi connectivity index (χ4v) is 3.57. The minimum absolute atomic E-state index is 0.338. The van der Waals surface area contributed by atoms with Crippen LogP contribution in [0, 0.1) is 5.92 Å². The lowest BCUT2D eigenvalue weighted by Gasteiger charge is -2.06. The van der Waals surface area contributed by atoms with Crippen LogP contribution in [0.3, 0.4) is 0 Å². The Morgan fingerprint density at radius 1 is 1.00 bits per heavy atom. The Bertz CT molecular complexity index is 1150. The van der Waals surface area contributed by atoms with Crippen LogP contribution in [0.5, 0.6) is 0 Å². The van der Waals surface area contributed by atoms with Gasteiger partial charge in [0.15, 0.2) is 5.82 Å². The maximum absolute atomic E-state index is 12.2. The lowest BCUT2D eigenvalue weighted by molar-refractivity contribution is -0.118. The summed E-state index contributed by atoms with van der Waals surface area (Å²) in [6.45, 7) is 0. The summed E-state index contributed by atoms with van der Waals surface area (Å²) in [5, 5.41) is 0. The van der Waals surface area contributed by atoms with E-state index in [9.17, 15) is 4.79 Å². The molecule has 1 aromatic carbocycles. The monoisotopic (exact) mass is 368 g/mol. The van der Waals surface area contributed by atoms with Gasteiger partial charge in [-0.05, 0) is 48.6 Å². The maximum Gasteiger partial charge on any atom is 0.159 e. The minimum atomic E-state index is 0.338. The van der Waals surface area contributed by atoms with Crippen LogP contribution in [-0.4, -0.2) is 25.1 Å². The van der Waals surface area contributed by atoms with E-state index >= 15 is 0 Å². The average molecular weight is 368 g/mol. The third-order valence-electron chi connectivity index (χ3n) is 5.17. The largest absolute Gasteiger partial charge is 0.300 e. The van der Waals surface area contributed by atoms with E-state index in [1.54, 1.807) is 18.5 Å². The van der Waals surface area contributed by atoms with E-state index < -0.39 is 0 Å². The van der Waals surface area contributed by atoms with E-state index in [1.807, 2.05) is 36.7 Å². The zero-order valence-corrected chi connectivity index (χ0v) is 15.5. The highest BCUT2D eigenvalue weighted by atomic mass is 16.1. The molecule has 0 spiro atoms. The number of nitrogens with zero attached hydrogens (tertiary/aromatic N) is 4. The predicted molar refractivity (Wildman–Crippen MR) is 108 cm³/mol. The topological polar surface area (TPSA) is 60.2 Å². The average Bonchev–Trinajstić information content (AvgIpc) is 3.43. The van der Waals surface area contributed by atoms with Crippen LogP contribution in [0.25, 0.3) is 28.3 Å². The van der Waals surface area contributed by atoms with Crippen molar-refractivity contribution in [2.75, 3.05) is 0 Å². The molecule has 1 aliphatic rings. The van der Waals surface area contributed by atoms with Crippen molar-refractivity contribution >= 4 is 11.4 Å². The Kier molecular flexibility index (Phi) is 4.20. The molecule has 1 fully saturated rings. The number of Topliss-reactive ketones (excluding diaryl/α,β-unsaturated/α-hetero) is 1. The molecule has 0 unspecified atom stereocenters. The second kappa shape index (κ2) is 7.00. The minimum Gasteiger partial charge on any atom is -0.300 e. The van der Waals surface area contributed by atoms with Gasteiger partial charge in [0.2, 0.25) is 0 Å². The number of hydrogen-bond acceptors (Lipinski definition) is 4. The molecular weight excluding hydrogens is 348 g/mol. The third-order valence-corrected chi connectivity index (χ3v) is 5.17. The van der Waals surface area contributed by atoms with E-state index in [-0.39, 0.29) is 0 Å². The molecule has 0 N–H and O–H groups in total. The molecule has 0 atom stereocenters. The summed E-state index contributed by atoms with van der Waals surface area (Å²) in [5.41, 5.74) is 4.91. The number of ketones is 1. The smallest absolute Gasteiger partial charge is 0.159 e. The van der Waals surface area contributed by atoms with Crippen molar-refractivity contribution in [3.63, 3.8) is 0 Å². The number of carbonyl (C=O) groups is 1. The van der Waals surface area contributed by atoms with Crippen molar-refractivity contribution in [1.29, 1.82) is 0 Å². The Morgan fingerprint density at radius 3 is 2.68 bits per heavy atom. The van der Waals surface area contributed by atoms with Gasteiger partial charge in [-0.15, -0.1) is 0 Å². The van der Waals surface area contributed by atoms with Gasteiger partial charge in [0.25, 0.3) is 0 Å².